The summed E-state index contributed by atoms with van der Waals surface area (Å²) in [5, 5.41) is 350. The number of carbonyl (C=O) groups is 4. The summed E-state index contributed by atoms with van der Waals surface area (Å²) in [6, 6.07) is -8.11. The van der Waals surface area contributed by atoms with Crippen LogP contribution in [0.3, 0.4) is 0 Å². The van der Waals surface area contributed by atoms with Crippen molar-refractivity contribution in [3.8, 4) is 0 Å². The van der Waals surface area contributed by atoms with Crippen molar-refractivity contribution < 1.29 is 281 Å². The van der Waals surface area contributed by atoms with Gasteiger partial charge in [-0.25, -0.2) is 0 Å². The normalized spacial score (nSPS) is 51.2. The Hall–Kier alpha value is -4.24. The summed E-state index contributed by atoms with van der Waals surface area (Å²) in [5.41, 5.74) is 0. The molecule has 61 heteroatoms. The van der Waals surface area contributed by atoms with Gasteiger partial charge in [-0.3, -0.25) is 19.2 Å². The lowest BCUT2D eigenvalue weighted by Crippen LogP contribution is -2.72. The molecule has 0 aromatic heterocycles. The minimum Gasteiger partial charge on any atom is -0.394 e. The molecule has 12 heterocycles. The molecule has 12 aliphatic heterocycles. The van der Waals surface area contributed by atoms with Gasteiger partial charge in [0, 0.05) is 27.7 Å². The molecule has 0 bridgehead atoms. The van der Waals surface area contributed by atoms with Gasteiger partial charge in [0.05, 0.1) is 77.3 Å². The maximum absolute atomic E-state index is 13.9. The van der Waals surface area contributed by atoms with Gasteiger partial charge in [-0.2, -0.15) is 0 Å². The lowest BCUT2D eigenvalue weighted by atomic mass is 9.93. The van der Waals surface area contributed by atoms with Gasteiger partial charge in [-0.05, 0) is 27.7 Å². The summed E-state index contributed by atoms with van der Waals surface area (Å²) in [7, 11) is 0. The Balaban J connectivity index is 0.862. The van der Waals surface area contributed by atoms with Gasteiger partial charge in [0.1, 0.15) is 268 Å². The molecule has 4 amide bonds. The Kier molecular flexibility index (Phi) is 40.7. The first-order valence-corrected chi connectivity index (χ1v) is 45.6. The third-order valence-corrected chi connectivity index (χ3v) is 26.6. The van der Waals surface area contributed by atoms with Gasteiger partial charge < -0.3 is 283 Å². The van der Waals surface area contributed by atoms with Crippen molar-refractivity contribution >= 4 is 23.6 Å². The lowest BCUT2D eigenvalue weighted by molar-refractivity contribution is -0.403. The van der Waals surface area contributed by atoms with E-state index in [0.717, 1.165) is 27.7 Å². The second-order valence-electron chi connectivity index (χ2n) is 36.5. The second kappa shape index (κ2) is 49.7. The number of carbonyl (C=O) groups excluding carboxylic acids is 4. The van der Waals surface area contributed by atoms with E-state index in [4.69, 9.17) is 109 Å². The van der Waals surface area contributed by atoms with Gasteiger partial charge in [0.15, 0.2) is 75.5 Å². The Morgan fingerprint density at radius 3 is 0.582 bits per heavy atom. The van der Waals surface area contributed by atoms with Gasteiger partial charge in [-0.15, -0.1) is 0 Å². The quantitative estimate of drug-likeness (QED) is 0.0284. The molecule has 0 aromatic carbocycles. The van der Waals surface area contributed by atoms with Crippen molar-refractivity contribution in [3.05, 3.63) is 0 Å². The predicted octanol–water partition coefficient (Wildman–Crippen LogP) is -22.5. The highest BCUT2D eigenvalue weighted by Gasteiger charge is 2.65. The molecule has 0 aromatic rings. The highest BCUT2D eigenvalue weighted by Crippen LogP contribution is 2.44. The van der Waals surface area contributed by atoms with E-state index >= 15 is 0 Å². The zero-order chi connectivity index (χ0) is 104. The number of aliphatic hydroxyl groups is 30. The van der Waals surface area contributed by atoms with E-state index in [0.29, 0.717) is 0 Å². The van der Waals surface area contributed by atoms with Crippen LogP contribution in [0.25, 0.3) is 0 Å². The summed E-state index contributed by atoms with van der Waals surface area (Å²) in [4.78, 5) is 53.9. The number of nitrogens with one attached hydrogen (secondary N) is 4. The summed E-state index contributed by atoms with van der Waals surface area (Å²) in [5.74, 6) is -4.03. The van der Waals surface area contributed by atoms with E-state index in [1.165, 1.54) is 27.7 Å². The van der Waals surface area contributed by atoms with Crippen LogP contribution < -0.4 is 21.3 Å². The maximum Gasteiger partial charge on any atom is 0.217 e. The van der Waals surface area contributed by atoms with Crippen LogP contribution in [-0.2, 0) is 128 Å². The molecule has 0 saturated carbocycles. The fraction of sp³-hybridized carbons (Fsp3) is 0.950. The third-order valence-electron chi connectivity index (χ3n) is 26.6. The van der Waals surface area contributed by atoms with Gasteiger partial charge in [-0.1, -0.05) is 0 Å². The number of rotatable bonds is 34. The molecule has 0 radical (unpaired) electrons. The van der Waals surface area contributed by atoms with Crippen LogP contribution in [0.4, 0.5) is 0 Å². The lowest BCUT2D eigenvalue weighted by Gasteiger charge is -2.53. The topological polar surface area (TPSA) is 936 Å². The number of hydrogen-bond donors (Lipinski definition) is 34. The van der Waals surface area contributed by atoms with Gasteiger partial charge in [0.2, 0.25) is 23.6 Å². The summed E-state index contributed by atoms with van der Waals surface area (Å²) < 4.78 is 140. The fourth-order valence-electron chi connectivity index (χ4n) is 18.8. The summed E-state index contributed by atoms with van der Waals surface area (Å²) >= 11 is 0. The molecule has 60 atom stereocenters. The Morgan fingerprint density at radius 1 is 0.184 bits per heavy atom. The minimum absolute atomic E-state index is 0.866. The molecule has 12 fully saturated rings. The standard InChI is InChI=1S/C80H134N4O57/c1-17-37(97)45(105)50(110)73(119-17)135-62-33(81-21(5)93)69(118)123-29(13-89)58(62)132-78-55(115)66(42(102)26(10-86)125-78)139-71-35(83-23(7)95)64(137-75-52(112)47(107)39(99)19(3)121-75)60(31(15-91)129-71)134-80-57(117)68(44(104)28(12-88)127-80)141-72-36(84-24(8)96)65(138-76-53(113)48(108)40(100)20(4)122-76)61(32(16-92)130-72)133-79-56(116)67(43(103)27(11-87)126-79)140-70-34(82-22(6)94)63(136-74-51(111)46(106)38(98)18(2)120-74)59(30(14-90)128-70)131-77-54(114)49(109)41(101)25(9-85)124-77/h17-20,25-80,85-92,97-118H,9-16H2,1-8H3,(H,81,93)(H,82,94)(H,83,95)(H,84,96)/t17-,18-,19-,20-,25+,26+,27+,28+,29+,30+,31+,32+,33+,34+,35+,36+,37+,38+,39+,40+,41-,42-,43-,44-,45+,46+,47+,48+,49-,50-,51-,52-,53-,54+,55+,56+,57+,58+,59+,60+,61+,62+,63+,64+,65+,66-,67-,68-,69?,70-,71-,72-,73-,74-,75-,76-,77-,78-,79-,80-/m0/s1. The second-order valence-corrected chi connectivity index (χ2v) is 36.5. The predicted molar refractivity (Wildman–Crippen MR) is 436 cm³/mol. The molecule has 0 spiro atoms. The van der Waals surface area contributed by atoms with Crippen molar-refractivity contribution in [2.45, 2.75) is 424 Å². The average Bonchev–Trinajstić information content (AvgIpc) is 0.757. The van der Waals surface area contributed by atoms with E-state index in [1.807, 2.05) is 0 Å². The minimum atomic E-state index is -2.62. The van der Waals surface area contributed by atoms with Crippen molar-refractivity contribution in [3.63, 3.8) is 0 Å². The zero-order valence-electron chi connectivity index (χ0n) is 76.7. The smallest absolute Gasteiger partial charge is 0.217 e. The van der Waals surface area contributed by atoms with Crippen LogP contribution >= 0.6 is 0 Å². The number of amides is 4. The first-order valence-electron chi connectivity index (χ1n) is 45.6. The monoisotopic (exact) mass is 2060 g/mol. The highest BCUT2D eigenvalue weighted by atomic mass is 16.8. The SMILES string of the molecule is CC(=O)N[C@H]1[C@H](O[C@H]2[C@@H](O)[C@@H](CO)O[C@@H](O[C@H]3[C@H](O[C@@H]4O[C@@H](C)[C@@H](O)[C@@H](O)[C@@H]4O)[C@@H](NC(C)=O)[C@H](O[C@H]4[C@@H](O)[C@@H](CO)O[C@@H](O[C@H]5[C@H](O[C@@H]6O[C@@H](C)[C@@H](O)[C@@H](O)[C@@H]6O)[C@@H](NC(C)=O)[C@H](O[C@H]6[C@@H](O)[C@@H](CO)O[C@@H](O[C@H]7[C@H](O[C@@H]8O[C@@H](C)[C@@H](O)[C@@H](O)[C@@H]8O)[C@@H](NC(C)=O)C(O)O[C@@H]7CO)[C@@H]6O)O[C@@H]5CO)[C@@H]4O)O[C@@H]3CO)[C@@H]2O)O[C@H](CO)[C@@H](O[C@@H]2O[C@H](CO)[C@H](O)[C@H](O)[C@H]2O)[C@@H]1O[C@@H]1O[C@@H](C)[C@@H](O)[C@@H](O)[C@@H]1O. The van der Waals surface area contributed by atoms with Gasteiger partial charge in [0.25, 0.3) is 0 Å². The van der Waals surface area contributed by atoms with Crippen LogP contribution in [0.2, 0.25) is 0 Å². The number of aliphatic hydroxyl groups excluding tert-OH is 30. The molecule has 141 heavy (non-hydrogen) atoms. The van der Waals surface area contributed by atoms with E-state index in [9.17, 15) is 172 Å². The largest absolute Gasteiger partial charge is 0.394 e. The first-order chi connectivity index (χ1) is 66.6. The molecule has 61 nitrogen and oxygen atoms in total. The van der Waals surface area contributed by atoms with E-state index in [1.54, 1.807) is 0 Å². The molecule has 816 valence electrons. The number of ether oxygens (including phenoxy) is 23. The van der Waals surface area contributed by atoms with Crippen LogP contribution in [0, 0.1) is 0 Å². The van der Waals surface area contributed by atoms with Crippen molar-refractivity contribution in [2.75, 3.05) is 52.9 Å². The average molecular weight is 2060 g/mol. The molecule has 34 N–H and O–H groups in total. The van der Waals surface area contributed by atoms with Crippen LogP contribution in [0.1, 0.15) is 55.4 Å². The highest BCUT2D eigenvalue weighted by molar-refractivity contribution is 5.74. The molecule has 12 rings (SSSR count). The van der Waals surface area contributed by atoms with Gasteiger partial charge >= 0.3 is 0 Å². The number of hydrogen-bond acceptors (Lipinski definition) is 57. The Labute approximate surface area is 800 Å². The maximum atomic E-state index is 13.9. The fourth-order valence-corrected chi connectivity index (χ4v) is 18.8. The van der Waals surface area contributed by atoms with E-state index < -0.39 is 445 Å². The Bertz CT molecular complexity index is 3920. The molecular formula is C80H134N4O57. The van der Waals surface area contributed by atoms with E-state index in [-0.39, 0.29) is 0 Å². The van der Waals surface area contributed by atoms with Crippen LogP contribution in [-0.4, -0.2) is 598 Å². The molecule has 12 saturated heterocycles. The van der Waals surface area contributed by atoms with Crippen molar-refractivity contribution in [1.82, 2.24) is 21.3 Å². The molecule has 12 aliphatic rings. The Morgan fingerprint density at radius 2 is 0.355 bits per heavy atom. The third kappa shape index (κ3) is 25.0. The summed E-state index contributed by atoms with van der Waals surface area (Å²) in [6.07, 6.45) is -118. The van der Waals surface area contributed by atoms with Crippen LogP contribution in [0.5, 0.6) is 0 Å². The molecular weight excluding hydrogens is 1930 g/mol. The van der Waals surface area contributed by atoms with Crippen molar-refractivity contribution in [2.24, 2.45) is 0 Å². The summed E-state index contributed by atoms with van der Waals surface area (Å²) in [6.45, 7) is -1.18. The zero-order valence-corrected chi connectivity index (χ0v) is 76.7. The molecule has 1 unspecified atom stereocenters. The first kappa shape index (κ1) is 115. The van der Waals surface area contributed by atoms with Crippen LogP contribution in [0.15, 0.2) is 0 Å². The van der Waals surface area contributed by atoms with E-state index in [2.05, 4.69) is 21.3 Å². The van der Waals surface area contributed by atoms with Crippen molar-refractivity contribution in [1.29, 1.82) is 0 Å². The molecule has 0 aliphatic carbocycles.